The molecule has 0 saturated heterocycles. The third kappa shape index (κ3) is 9.45. The van der Waals surface area contributed by atoms with Crippen molar-refractivity contribution in [2.45, 2.75) is 57.5 Å². The van der Waals surface area contributed by atoms with Gasteiger partial charge in [-0.05, 0) is 77.7 Å². The zero-order valence-electron chi connectivity index (χ0n) is 27.3. The van der Waals surface area contributed by atoms with E-state index in [1.54, 1.807) is 30.3 Å². The van der Waals surface area contributed by atoms with Crippen LogP contribution >= 0.6 is 15.9 Å². The van der Waals surface area contributed by atoms with Crippen LogP contribution in [-0.2, 0) is 32.6 Å². The number of hydrogen-bond acceptors (Lipinski definition) is 5. The molecule has 0 radical (unpaired) electrons. The van der Waals surface area contributed by atoms with E-state index in [0.717, 1.165) is 39.4 Å². The van der Waals surface area contributed by atoms with Crippen molar-refractivity contribution in [2.24, 2.45) is 0 Å². The number of carbonyl (C=O) groups is 2. The molecule has 4 aromatic carbocycles. The van der Waals surface area contributed by atoms with Crippen LogP contribution in [0.4, 0.5) is 5.69 Å². The molecule has 10 heteroatoms. The molecule has 1 atom stereocenters. The maximum absolute atomic E-state index is 14.6. The van der Waals surface area contributed by atoms with E-state index in [1.807, 2.05) is 75.4 Å². The molecule has 4 rings (SSSR count). The summed E-state index contributed by atoms with van der Waals surface area (Å²) in [4.78, 5) is 30.0. The van der Waals surface area contributed by atoms with Gasteiger partial charge in [0.1, 0.15) is 18.3 Å². The van der Waals surface area contributed by atoms with Gasteiger partial charge < -0.3 is 15.0 Å². The van der Waals surface area contributed by atoms with Crippen LogP contribution in [0.25, 0.3) is 0 Å². The minimum absolute atomic E-state index is 0.0121. The highest BCUT2D eigenvalue weighted by molar-refractivity contribution is 9.10. The number of ether oxygens (including phenoxy) is 1. The van der Waals surface area contributed by atoms with E-state index in [2.05, 4.69) is 21.2 Å². The fourth-order valence-electron chi connectivity index (χ4n) is 5.24. The molecule has 0 spiro atoms. The zero-order chi connectivity index (χ0) is 34.0. The predicted molar refractivity (Wildman–Crippen MR) is 190 cm³/mol. The molecule has 1 N–H and O–H groups in total. The Balaban J connectivity index is 1.80. The number of halogens is 1. The maximum atomic E-state index is 14.6. The SMILES string of the molecule is CCCCNC(=O)C(Cc1ccccc1)N(Cc1cccc(C)c1)C(=O)CN(c1ccc(C)cc1)S(=O)(=O)c1ccc(OC)c(Br)c1. The molecular formula is C37H42BrN3O5S. The summed E-state index contributed by atoms with van der Waals surface area (Å²) in [6, 6.07) is 27.8. The van der Waals surface area contributed by atoms with E-state index in [9.17, 15) is 18.0 Å². The monoisotopic (exact) mass is 719 g/mol. The molecule has 0 heterocycles. The number of hydrogen-bond donors (Lipinski definition) is 1. The number of sulfonamides is 1. The minimum atomic E-state index is -4.25. The molecule has 0 aliphatic heterocycles. The van der Waals surface area contributed by atoms with Gasteiger partial charge in [0.2, 0.25) is 11.8 Å². The Morgan fingerprint density at radius 3 is 2.21 bits per heavy atom. The Hall–Kier alpha value is -4.15. The number of rotatable bonds is 15. The van der Waals surface area contributed by atoms with Crippen molar-refractivity contribution >= 4 is 43.5 Å². The first-order valence-corrected chi connectivity index (χ1v) is 17.9. The highest BCUT2D eigenvalue weighted by Gasteiger charge is 2.34. The number of nitrogens with zero attached hydrogens (tertiary/aromatic N) is 2. The van der Waals surface area contributed by atoms with Crippen LogP contribution in [0.1, 0.15) is 42.0 Å². The maximum Gasteiger partial charge on any atom is 0.264 e. The molecule has 0 bridgehead atoms. The van der Waals surface area contributed by atoms with Crippen LogP contribution in [0.5, 0.6) is 5.75 Å². The predicted octanol–water partition coefficient (Wildman–Crippen LogP) is 6.83. The Morgan fingerprint density at radius 2 is 1.57 bits per heavy atom. The molecule has 0 fully saturated rings. The first-order valence-electron chi connectivity index (χ1n) is 15.6. The van der Waals surface area contributed by atoms with Crippen LogP contribution < -0.4 is 14.4 Å². The summed E-state index contributed by atoms with van der Waals surface area (Å²) in [7, 11) is -2.75. The van der Waals surface area contributed by atoms with Gasteiger partial charge in [0.15, 0.2) is 0 Å². The number of aryl methyl sites for hydroxylation is 2. The summed E-state index contributed by atoms with van der Waals surface area (Å²) in [5.41, 5.74) is 4.00. The number of benzene rings is 4. The summed E-state index contributed by atoms with van der Waals surface area (Å²) < 4.78 is 35.5. The van der Waals surface area contributed by atoms with Gasteiger partial charge >= 0.3 is 0 Å². The van der Waals surface area contributed by atoms with Crippen molar-refractivity contribution in [1.82, 2.24) is 10.2 Å². The molecular weight excluding hydrogens is 678 g/mol. The first-order chi connectivity index (χ1) is 22.5. The molecule has 248 valence electrons. The molecule has 0 saturated carbocycles. The molecule has 2 amide bonds. The number of carbonyl (C=O) groups excluding carboxylic acids is 2. The standard InChI is InChI=1S/C37H42BrN3O5S/c1-5-6-21-39-37(43)34(23-29-12-8-7-9-13-29)40(25-30-14-10-11-28(3)22-30)36(42)26-41(31-17-15-27(2)16-18-31)47(44,45)32-19-20-35(46-4)33(38)24-32/h7-20,22,24,34H,5-6,21,23,25-26H2,1-4H3,(H,39,43). The molecule has 0 aliphatic carbocycles. The number of methoxy groups -OCH3 is 1. The van der Waals surface area contributed by atoms with Gasteiger partial charge in [0, 0.05) is 19.5 Å². The van der Waals surface area contributed by atoms with Crippen molar-refractivity contribution in [3.63, 3.8) is 0 Å². The van der Waals surface area contributed by atoms with Crippen LogP contribution in [0.15, 0.2) is 106 Å². The van der Waals surface area contributed by atoms with Crippen molar-refractivity contribution < 1.29 is 22.7 Å². The van der Waals surface area contributed by atoms with Gasteiger partial charge in [-0.1, -0.05) is 91.2 Å². The molecule has 1 unspecified atom stereocenters. The van der Waals surface area contributed by atoms with Gasteiger partial charge in [-0.15, -0.1) is 0 Å². The summed E-state index contributed by atoms with van der Waals surface area (Å²) in [5.74, 6) is -0.314. The summed E-state index contributed by atoms with van der Waals surface area (Å²) in [6.07, 6.45) is 1.96. The average molecular weight is 721 g/mol. The van der Waals surface area contributed by atoms with Crippen molar-refractivity contribution in [2.75, 3.05) is 24.5 Å². The first kappa shape index (κ1) is 35.7. The number of amides is 2. The Morgan fingerprint density at radius 1 is 0.872 bits per heavy atom. The number of nitrogens with one attached hydrogen (secondary N) is 1. The lowest BCUT2D eigenvalue weighted by Crippen LogP contribution is -2.53. The van der Waals surface area contributed by atoms with Gasteiger partial charge in [0.25, 0.3) is 10.0 Å². The molecule has 0 aromatic heterocycles. The van der Waals surface area contributed by atoms with Crippen LogP contribution in [0.3, 0.4) is 0 Å². The Bertz CT molecular complexity index is 1760. The van der Waals surface area contributed by atoms with E-state index in [1.165, 1.54) is 24.1 Å². The van der Waals surface area contributed by atoms with E-state index < -0.39 is 28.5 Å². The largest absolute Gasteiger partial charge is 0.496 e. The Labute approximate surface area is 286 Å². The van der Waals surface area contributed by atoms with E-state index in [0.29, 0.717) is 22.5 Å². The van der Waals surface area contributed by atoms with Gasteiger partial charge in [-0.3, -0.25) is 13.9 Å². The van der Waals surface area contributed by atoms with Crippen LogP contribution in [0, 0.1) is 13.8 Å². The number of unbranched alkanes of at least 4 members (excludes halogenated alkanes) is 1. The quantitative estimate of drug-likeness (QED) is 0.136. The number of anilines is 1. The van der Waals surface area contributed by atoms with E-state index >= 15 is 0 Å². The normalized spacial score (nSPS) is 11.9. The lowest BCUT2D eigenvalue weighted by Gasteiger charge is -2.34. The lowest BCUT2D eigenvalue weighted by atomic mass is 10.0. The minimum Gasteiger partial charge on any atom is -0.496 e. The molecule has 8 nitrogen and oxygen atoms in total. The smallest absolute Gasteiger partial charge is 0.264 e. The molecule has 0 aliphatic rings. The zero-order valence-corrected chi connectivity index (χ0v) is 29.7. The second-order valence-corrected chi connectivity index (χ2v) is 14.2. The van der Waals surface area contributed by atoms with Gasteiger partial charge in [-0.2, -0.15) is 0 Å². The second-order valence-electron chi connectivity index (χ2n) is 11.5. The molecule has 4 aromatic rings. The lowest BCUT2D eigenvalue weighted by molar-refractivity contribution is -0.140. The van der Waals surface area contributed by atoms with Gasteiger partial charge in [0.05, 0.1) is 22.2 Å². The second kappa shape index (κ2) is 16.6. The van der Waals surface area contributed by atoms with Crippen LogP contribution in [-0.4, -0.2) is 51.4 Å². The summed E-state index contributed by atoms with van der Waals surface area (Å²) in [5, 5.41) is 3.02. The average Bonchev–Trinajstić information content (AvgIpc) is 3.06. The Kier molecular flexibility index (Phi) is 12.6. The highest BCUT2D eigenvalue weighted by Crippen LogP contribution is 2.31. The summed E-state index contributed by atoms with van der Waals surface area (Å²) >= 11 is 3.40. The topological polar surface area (TPSA) is 96.0 Å². The fourth-order valence-corrected chi connectivity index (χ4v) is 7.37. The third-order valence-electron chi connectivity index (χ3n) is 7.85. The van der Waals surface area contributed by atoms with E-state index in [4.69, 9.17) is 4.74 Å². The third-order valence-corrected chi connectivity index (χ3v) is 10.2. The van der Waals surface area contributed by atoms with Crippen LogP contribution in [0.2, 0.25) is 0 Å². The van der Waals surface area contributed by atoms with Crippen molar-refractivity contribution in [3.8, 4) is 5.75 Å². The molecule has 47 heavy (non-hydrogen) atoms. The summed E-state index contributed by atoms with van der Waals surface area (Å²) in [6.45, 7) is 5.99. The van der Waals surface area contributed by atoms with Crippen molar-refractivity contribution in [1.29, 1.82) is 0 Å². The fraction of sp³-hybridized carbons (Fsp3) is 0.297. The van der Waals surface area contributed by atoms with Gasteiger partial charge in [-0.25, -0.2) is 8.42 Å². The van der Waals surface area contributed by atoms with Crippen molar-refractivity contribution in [3.05, 3.63) is 124 Å². The highest BCUT2D eigenvalue weighted by atomic mass is 79.9. The van der Waals surface area contributed by atoms with E-state index in [-0.39, 0.29) is 23.8 Å².